The highest BCUT2D eigenvalue weighted by molar-refractivity contribution is 5.94. The Bertz CT molecular complexity index is 662. The van der Waals surface area contributed by atoms with Crippen LogP contribution < -0.4 is 10.2 Å². The Hall–Kier alpha value is -2.50. The van der Waals surface area contributed by atoms with E-state index in [0.717, 1.165) is 23.4 Å². The average Bonchev–Trinajstić information content (AvgIpc) is 2.52. The predicted octanol–water partition coefficient (Wildman–Crippen LogP) is 3.70. The maximum absolute atomic E-state index is 12.5. The van der Waals surface area contributed by atoms with Gasteiger partial charge in [0, 0.05) is 31.9 Å². The molecule has 6 heteroatoms. The summed E-state index contributed by atoms with van der Waals surface area (Å²) in [5, 5.41) is 2.69. The Balaban J connectivity index is 1.96. The summed E-state index contributed by atoms with van der Waals surface area (Å²) in [6, 6.07) is 11.8. The van der Waals surface area contributed by atoms with Crippen molar-refractivity contribution in [2.45, 2.75) is 12.7 Å². The summed E-state index contributed by atoms with van der Waals surface area (Å²) in [6.45, 7) is 0.313. The third-order valence-corrected chi connectivity index (χ3v) is 3.38. The first-order valence-corrected chi connectivity index (χ1v) is 6.99. The van der Waals surface area contributed by atoms with Gasteiger partial charge in [-0.05, 0) is 42.0 Å². The monoisotopic (exact) mass is 322 g/mol. The third-order valence-electron chi connectivity index (χ3n) is 3.38. The number of rotatable bonds is 4. The van der Waals surface area contributed by atoms with Gasteiger partial charge >= 0.3 is 6.18 Å². The van der Waals surface area contributed by atoms with Crippen LogP contribution in [0.1, 0.15) is 21.5 Å². The number of amides is 1. The zero-order valence-electron chi connectivity index (χ0n) is 12.8. The average molecular weight is 322 g/mol. The maximum atomic E-state index is 12.5. The molecule has 122 valence electrons. The minimum Gasteiger partial charge on any atom is -0.378 e. The lowest BCUT2D eigenvalue weighted by Crippen LogP contribution is -2.23. The van der Waals surface area contributed by atoms with E-state index in [0.29, 0.717) is 6.54 Å². The van der Waals surface area contributed by atoms with Crippen LogP contribution in [-0.4, -0.2) is 20.0 Å². The summed E-state index contributed by atoms with van der Waals surface area (Å²) >= 11 is 0. The van der Waals surface area contributed by atoms with Crippen LogP contribution in [0.2, 0.25) is 0 Å². The molecular formula is C17H17F3N2O. The lowest BCUT2D eigenvalue weighted by atomic mass is 10.1. The van der Waals surface area contributed by atoms with E-state index in [1.54, 1.807) is 0 Å². The topological polar surface area (TPSA) is 32.3 Å². The molecule has 1 N–H and O–H groups in total. The molecule has 0 fully saturated rings. The molecule has 2 rings (SSSR count). The van der Waals surface area contributed by atoms with E-state index in [1.807, 2.05) is 43.3 Å². The molecule has 23 heavy (non-hydrogen) atoms. The zero-order valence-corrected chi connectivity index (χ0v) is 12.8. The molecule has 0 saturated carbocycles. The first-order chi connectivity index (χ1) is 10.8. The van der Waals surface area contributed by atoms with Crippen LogP contribution in [0.5, 0.6) is 0 Å². The fraction of sp³-hybridized carbons (Fsp3) is 0.235. The van der Waals surface area contributed by atoms with Crippen LogP contribution in [0.4, 0.5) is 18.9 Å². The summed E-state index contributed by atoms with van der Waals surface area (Å²) < 4.78 is 37.4. The second kappa shape index (κ2) is 6.73. The minimum absolute atomic E-state index is 0.197. The third kappa shape index (κ3) is 4.48. The van der Waals surface area contributed by atoms with Crippen LogP contribution >= 0.6 is 0 Å². The van der Waals surface area contributed by atoms with E-state index >= 15 is 0 Å². The lowest BCUT2D eigenvalue weighted by Gasteiger charge is -2.13. The molecule has 2 aromatic rings. The van der Waals surface area contributed by atoms with E-state index in [1.165, 1.54) is 12.1 Å². The molecule has 0 saturated heterocycles. The van der Waals surface area contributed by atoms with Crippen molar-refractivity contribution in [3.8, 4) is 0 Å². The Morgan fingerprint density at radius 3 is 2.04 bits per heavy atom. The number of hydrogen-bond donors (Lipinski definition) is 1. The highest BCUT2D eigenvalue weighted by Gasteiger charge is 2.30. The van der Waals surface area contributed by atoms with Gasteiger partial charge in [-0.2, -0.15) is 13.2 Å². The Morgan fingerprint density at radius 1 is 1.00 bits per heavy atom. The van der Waals surface area contributed by atoms with Crippen LogP contribution in [-0.2, 0) is 12.7 Å². The molecule has 0 aromatic heterocycles. The van der Waals surface area contributed by atoms with Crippen LogP contribution in [0.25, 0.3) is 0 Å². The quantitative estimate of drug-likeness (QED) is 0.931. The number of hydrogen-bond acceptors (Lipinski definition) is 2. The summed E-state index contributed by atoms with van der Waals surface area (Å²) in [5.41, 5.74) is 1.38. The molecule has 0 unspecified atom stereocenters. The Labute approximate surface area is 132 Å². The van der Waals surface area contributed by atoms with Crippen molar-refractivity contribution in [2.24, 2.45) is 0 Å². The van der Waals surface area contributed by atoms with Crippen molar-refractivity contribution in [3.63, 3.8) is 0 Å². The number of halogens is 3. The molecule has 0 spiro atoms. The van der Waals surface area contributed by atoms with E-state index in [-0.39, 0.29) is 5.56 Å². The molecule has 0 aliphatic rings. The smallest absolute Gasteiger partial charge is 0.378 e. The molecule has 0 bridgehead atoms. The van der Waals surface area contributed by atoms with Gasteiger partial charge in [-0.15, -0.1) is 0 Å². The number of carbonyl (C=O) groups is 1. The molecular weight excluding hydrogens is 305 g/mol. The van der Waals surface area contributed by atoms with Crippen LogP contribution in [0.15, 0.2) is 48.5 Å². The highest BCUT2D eigenvalue weighted by atomic mass is 19.4. The molecule has 0 aliphatic heterocycles. The van der Waals surface area contributed by atoms with E-state index in [2.05, 4.69) is 5.32 Å². The van der Waals surface area contributed by atoms with Crippen molar-refractivity contribution in [3.05, 3.63) is 65.2 Å². The molecule has 1 amide bonds. The fourth-order valence-electron chi connectivity index (χ4n) is 2.01. The van der Waals surface area contributed by atoms with E-state index in [9.17, 15) is 18.0 Å². The lowest BCUT2D eigenvalue weighted by molar-refractivity contribution is -0.137. The SMILES string of the molecule is CN(C)c1ccc(CNC(=O)c2ccc(C(F)(F)F)cc2)cc1. The van der Waals surface area contributed by atoms with Gasteiger partial charge in [0.25, 0.3) is 5.91 Å². The maximum Gasteiger partial charge on any atom is 0.416 e. The summed E-state index contributed by atoms with van der Waals surface area (Å²) in [4.78, 5) is 13.9. The standard InChI is InChI=1S/C17H17F3N2O/c1-22(2)15-9-3-12(4-10-15)11-21-16(23)13-5-7-14(8-6-13)17(18,19)20/h3-10H,11H2,1-2H3,(H,21,23). The Morgan fingerprint density at radius 2 is 1.57 bits per heavy atom. The number of benzene rings is 2. The van der Waals surface area contributed by atoms with Gasteiger partial charge in [0.05, 0.1) is 5.56 Å². The van der Waals surface area contributed by atoms with Gasteiger partial charge in [-0.25, -0.2) is 0 Å². The van der Waals surface area contributed by atoms with Gasteiger partial charge in [0.15, 0.2) is 0 Å². The van der Waals surface area contributed by atoms with Gasteiger partial charge < -0.3 is 10.2 Å². The number of nitrogens with zero attached hydrogens (tertiary/aromatic N) is 1. The highest BCUT2D eigenvalue weighted by Crippen LogP contribution is 2.29. The molecule has 2 aromatic carbocycles. The number of carbonyl (C=O) groups excluding carboxylic acids is 1. The fourth-order valence-corrected chi connectivity index (χ4v) is 2.01. The van der Waals surface area contributed by atoms with Gasteiger partial charge in [0.2, 0.25) is 0 Å². The molecule has 0 aliphatic carbocycles. The second-order valence-corrected chi connectivity index (χ2v) is 5.32. The second-order valence-electron chi connectivity index (χ2n) is 5.32. The number of nitrogens with one attached hydrogen (secondary N) is 1. The van der Waals surface area contributed by atoms with Crippen molar-refractivity contribution >= 4 is 11.6 Å². The normalized spacial score (nSPS) is 11.2. The molecule has 0 radical (unpaired) electrons. The van der Waals surface area contributed by atoms with Crippen molar-refractivity contribution < 1.29 is 18.0 Å². The summed E-state index contributed by atoms with van der Waals surface area (Å²) in [5.74, 6) is -0.407. The van der Waals surface area contributed by atoms with Crippen LogP contribution in [0, 0.1) is 0 Å². The van der Waals surface area contributed by atoms with Crippen molar-refractivity contribution in [2.75, 3.05) is 19.0 Å². The number of anilines is 1. The molecule has 3 nitrogen and oxygen atoms in total. The summed E-state index contributed by atoms with van der Waals surface area (Å²) in [7, 11) is 3.86. The van der Waals surface area contributed by atoms with Gasteiger partial charge in [-0.3, -0.25) is 4.79 Å². The Kier molecular flexibility index (Phi) is 4.93. The first kappa shape index (κ1) is 16.9. The zero-order chi connectivity index (χ0) is 17.0. The predicted molar refractivity (Wildman–Crippen MR) is 83.4 cm³/mol. The van der Waals surface area contributed by atoms with Crippen molar-refractivity contribution in [1.29, 1.82) is 0 Å². The van der Waals surface area contributed by atoms with Gasteiger partial charge in [-0.1, -0.05) is 12.1 Å². The largest absolute Gasteiger partial charge is 0.416 e. The van der Waals surface area contributed by atoms with Crippen LogP contribution in [0.3, 0.4) is 0 Å². The molecule has 0 atom stereocenters. The van der Waals surface area contributed by atoms with E-state index in [4.69, 9.17) is 0 Å². The van der Waals surface area contributed by atoms with Crippen molar-refractivity contribution in [1.82, 2.24) is 5.32 Å². The summed E-state index contributed by atoms with van der Waals surface area (Å²) in [6.07, 6.45) is -4.40. The van der Waals surface area contributed by atoms with E-state index < -0.39 is 17.6 Å². The molecule has 0 heterocycles. The van der Waals surface area contributed by atoms with Gasteiger partial charge in [0.1, 0.15) is 0 Å². The number of alkyl halides is 3. The minimum atomic E-state index is -4.40. The first-order valence-electron chi connectivity index (χ1n) is 6.99.